The molecule has 0 bridgehead atoms. The van der Waals surface area contributed by atoms with Gasteiger partial charge in [-0.1, -0.05) is 71.7 Å². The van der Waals surface area contributed by atoms with Crippen LogP contribution in [0.5, 0.6) is 0 Å². The van der Waals surface area contributed by atoms with Gasteiger partial charge in [-0.3, -0.25) is 4.79 Å². The molecule has 0 spiro atoms. The van der Waals surface area contributed by atoms with Crippen molar-refractivity contribution >= 4 is 17.5 Å². The Kier molecular flexibility index (Phi) is 8.26. The van der Waals surface area contributed by atoms with E-state index in [4.69, 9.17) is 0 Å². The molecular formula is C24H38OS. The predicted octanol–water partition coefficient (Wildman–Crippen LogP) is 7.19. The van der Waals surface area contributed by atoms with Gasteiger partial charge in [0.25, 0.3) is 0 Å². The summed E-state index contributed by atoms with van der Waals surface area (Å²) in [5.41, 5.74) is 2.26. The molecule has 0 heterocycles. The van der Waals surface area contributed by atoms with Crippen molar-refractivity contribution in [1.82, 2.24) is 0 Å². The SMILES string of the molecule is CC(C)CC(=O)c1ccc(CCC2CCC(CSC(C)(C)C)CC2)cc1. The van der Waals surface area contributed by atoms with E-state index < -0.39 is 0 Å². The molecule has 1 aromatic carbocycles. The lowest BCUT2D eigenvalue weighted by Gasteiger charge is -2.30. The van der Waals surface area contributed by atoms with Gasteiger partial charge in [-0.25, -0.2) is 0 Å². The Morgan fingerprint density at radius 1 is 1.04 bits per heavy atom. The van der Waals surface area contributed by atoms with E-state index in [2.05, 4.69) is 58.5 Å². The summed E-state index contributed by atoms with van der Waals surface area (Å²) in [6.45, 7) is 11.2. The van der Waals surface area contributed by atoms with Gasteiger partial charge in [-0.15, -0.1) is 0 Å². The molecular weight excluding hydrogens is 336 g/mol. The van der Waals surface area contributed by atoms with Crippen LogP contribution in [-0.2, 0) is 6.42 Å². The third kappa shape index (κ3) is 7.86. The van der Waals surface area contributed by atoms with Crippen molar-refractivity contribution in [2.75, 3.05) is 5.75 Å². The first-order valence-corrected chi connectivity index (χ1v) is 11.5. The van der Waals surface area contributed by atoms with E-state index >= 15 is 0 Å². The van der Waals surface area contributed by atoms with E-state index in [0.29, 0.717) is 17.1 Å². The normalized spacial score (nSPS) is 21.2. The molecule has 0 N–H and O–H groups in total. The maximum atomic E-state index is 12.1. The maximum Gasteiger partial charge on any atom is 0.163 e. The van der Waals surface area contributed by atoms with Crippen molar-refractivity contribution < 1.29 is 4.79 Å². The Morgan fingerprint density at radius 2 is 1.62 bits per heavy atom. The lowest BCUT2D eigenvalue weighted by Crippen LogP contribution is -2.19. The summed E-state index contributed by atoms with van der Waals surface area (Å²) < 4.78 is 0.402. The lowest BCUT2D eigenvalue weighted by atomic mass is 9.80. The average molecular weight is 375 g/mol. The molecule has 0 aromatic heterocycles. The topological polar surface area (TPSA) is 17.1 Å². The minimum Gasteiger partial charge on any atom is -0.294 e. The summed E-state index contributed by atoms with van der Waals surface area (Å²) in [5.74, 6) is 3.87. The van der Waals surface area contributed by atoms with Gasteiger partial charge in [0.05, 0.1) is 0 Å². The first kappa shape index (κ1) is 21.5. The van der Waals surface area contributed by atoms with Crippen LogP contribution in [0.1, 0.15) is 89.1 Å². The minimum absolute atomic E-state index is 0.276. The molecule has 2 heteroatoms. The predicted molar refractivity (Wildman–Crippen MR) is 116 cm³/mol. The van der Waals surface area contributed by atoms with Crippen molar-refractivity contribution in [3.63, 3.8) is 0 Å². The monoisotopic (exact) mass is 374 g/mol. The van der Waals surface area contributed by atoms with E-state index in [0.717, 1.165) is 23.8 Å². The third-order valence-corrected chi connectivity index (χ3v) is 6.93. The standard InChI is InChI=1S/C24H38OS/c1-18(2)16-23(25)22-14-12-20(13-15-22)7-6-19-8-10-21(11-9-19)17-26-24(3,4)5/h12-15,18-19,21H,6-11,16-17H2,1-5H3. The highest BCUT2D eigenvalue weighted by molar-refractivity contribution is 8.00. The van der Waals surface area contributed by atoms with Crippen LogP contribution < -0.4 is 0 Å². The molecule has 0 aliphatic heterocycles. The van der Waals surface area contributed by atoms with E-state index in [1.165, 1.54) is 43.4 Å². The Labute approximate surface area is 165 Å². The Bertz CT molecular complexity index is 545. The van der Waals surface area contributed by atoms with Gasteiger partial charge in [0.1, 0.15) is 0 Å². The number of rotatable bonds is 8. The number of hydrogen-bond acceptors (Lipinski definition) is 2. The molecule has 1 aliphatic rings. The van der Waals surface area contributed by atoms with E-state index in [1.54, 1.807) is 0 Å². The molecule has 0 atom stereocenters. The Morgan fingerprint density at radius 3 is 2.15 bits per heavy atom. The molecule has 0 unspecified atom stereocenters. The van der Waals surface area contributed by atoms with Crippen molar-refractivity contribution in [2.45, 2.75) is 84.3 Å². The number of thioether (sulfide) groups is 1. The fraction of sp³-hybridized carbons (Fsp3) is 0.708. The number of carbonyl (C=O) groups is 1. The van der Waals surface area contributed by atoms with E-state index in [1.807, 2.05) is 12.1 Å². The van der Waals surface area contributed by atoms with Gasteiger partial charge in [0.2, 0.25) is 0 Å². The van der Waals surface area contributed by atoms with E-state index in [9.17, 15) is 4.79 Å². The molecule has 2 rings (SSSR count). The molecule has 1 aromatic rings. The second-order valence-electron chi connectivity index (χ2n) is 9.57. The number of aryl methyl sites for hydroxylation is 1. The van der Waals surface area contributed by atoms with Crippen LogP contribution in [0.3, 0.4) is 0 Å². The van der Waals surface area contributed by atoms with Crippen molar-refractivity contribution in [2.24, 2.45) is 17.8 Å². The zero-order chi connectivity index (χ0) is 19.2. The summed E-state index contributed by atoms with van der Waals surface area (Å²) in [4.78, 5) is 12.1. The number of ketones is 1. The highest BCUT2D eigenvalue weighted by atomic mass is 32.2. The molecule has 26 heavy (non-hydrogen) atoms. The van der Waals surface area contributed by atoms with Crippen LogP contribution >= 0.6 is 11.8 Å². The molecule has 0 saturated heterocycles. The molecule has 146 valence electrons. The average Bonchev–Trinajstić information content (AvgIpc) is 2.58. The largest absolute Gasteiger partial charge is 0.294 e. The molecule has 1 aliphatic carbocycles. The molecule has 0 radical (unpaired) electrons. The van der Waals surface area contributed by atoms with Crippen molar-refractivity contribution in [1.29, 1.82) is 0 Å². The molecule has 1 fully saturated rings. The highest BCUT2D eigenvalue weighted by Crippen LogP contribution is 2.36. The summed E-state index contributed by atoms with van der Waals surface area (Å²) in [5, 5.41) is 0. The Hall–Kier alpha value is -0.760. The van der Waals surface area contributed by atoms with Crippen molar-refractivity contribution in [3.8, 4) is 0 Å². The van der Waals surface area contributed by atoms with E-state index in [-0.39, 0.29) is 5.78 Å². The summed E-state index contributed by atoms with van der Waals surface area (Å²) in [6, 6.07) is 8.39. The summed E-state index contributed by atoms with van der Waals surface area (Å²) in [6.07, 6.45) is 8.74. The highest BCUT2D eigenvalue weighted by Gasteiger charge is 2.23. The van der Waals surface area contributed by atoms with Crippen molar-refractivity contribution in [3.05, 3.63) is 35.4 Å². The van der Waals surface area contributed by atoms with Crippen LogP contribution in [0, 0.1) is 17.8 Å². The maximum absolute atomic E-state index is 12.1. The number of Topliss-reactive ketones (excluding diaryl/α,β-unsaturated/α-hetero) is 1. The zero-order valence-electron chi connectivity index (χ0n) is 17.5. The van der Waals surface area contributed by atoms with Gasteiger partial charge in [-0.2, -0.15) is 11.8 Å². The van der Waals surface area contributed by atoms with Gasteiger partial charge in [-0.05, 0) is 54.8 Å². The minimum atomic E-state index is 0.276. The molecule has 1 saturated carbocycles. The second-order valence-corrected chi connectivity index (χ2v) is 11.4. The van der Waals surface area contributed by atoms with Crippen LogP contribution in [-0.4, -0.2) is 16.3 Å². The van der Waals surface area contributed by atoms with Gasteiger partial charge in [0.15, 0.2) is 5.78 Å². The molecule has 1 nitrogen and oxygen atoms in total. The van der Waals surface area contributed by atoms with Gasteiger partial charge >= 0.3 is 0 Å². The summed E-state index contributed by atoms with van der Waals surface area (Å²) >= 11 is 2.13. The smallest absolute Gasteiger partial charge is 0.163 e. The van der Waals surface area contributed by atoms with Crippen LogP contribution in [0.15, 0.2) is 24.3 Å². The zero-order valence-corrected chi connectivity index (χ0v) is 18.3. The van der Waals surface area contributed by atoms with Crippen LogP contribution in [0.2, 0.25) is 0 Å². The number of hydrogen-bond donors (Lipinski definition) is 0. The summed E-state index contributed by atoms with van der Waals surface area (Å²) in [7, 11) is 0. The van der Waals surface area contributed by atoms with Gasteiger partial charge in [0, 0.05) is 16.7 Å². The first-order chi connectivity index (χ1) is 12.2. The lowest BCUT2D eigenvalue weighted by molar-refractivity contribution is 0.0968. The second kappa shape index (κ2) is 9.97. The quantitative estimate of drug-likeness (QED) is 0.448. The fourth-order valence-electron chi connectivity index (χ4n) is 3.77. The fourth-order valence-corrected chi connectivity index (χ4v) is 4.84. The third-order valence-electron chi connectivity index (χ3n) is 5.43. The number of benzene rings is 1. The Balaban J connectivity index is 1.70. The molecule has 0 amide bonds. The number of carbonyl (C=O) groups excluding carboxylic acids is 1. The van der Waals surface area contributed by atoms with Gasteiger partial charge < -0.3 is 0 Å². The van der Waals surface area contributed by atoms with Crippen LogP contribution in [0.25, 0.3) is 0 Å². The first-order valence-electron chi connectivity index (χ1n) is 10.5. The van der Waals surface area contributed by atoms with Crippen LogP contribution in [0.4, 0.5) is 0 Å².